The molecule has 1 atom stereocenters. The summed E-state index contributed by atoms with van der Waals surface area (Å²) in [5.41, 5.74) is 1.70. The molecule has 7 nitrogen and oxygen atoms in total. The lowest BCUT2D eigenvalue weighted by Crippen LogP contribution is -2.35. The van der Waals surface area contributed by atoms with E-state index in [1.807, 2.05) is 57.2 Å². The largest absolute Gasteiger partial charge is 0.444 e. The smallest absolute Gasteiger partial charge is 0.419 e. The van der Waals surface area contributed by atoms with Gasteiger partial charge in [0.05, 0.1) is 11.6 Å². The number of amides is 1. The van der Waals surface area contributed by atoms with E-state index < -0.39 is 29.4 Å². The van der Waals surface area contributed by atoms with E-state index in [1.165, 1.54) is 11.5 Å². The summed E-state index contributed by atoms with van der Waals surface area (Å²) < 4.78 is 12.6. The Balaban J connectivity index is 2.00. The van der Waals surface area contributed by atoms with Crippen molar-refractivity contribution in [1.82, 2.24) is 9.88 Å². The number of para-hydroxylation sites is 1. The molecular formula is C28H34N2O5. The van der Waals surface area contributed by atoms with E-state index in [0.717, 1.165) is 22.0 Å². The second-order valence-electron chi connectivity index (χ2n) is 10.6. The van der Waals surface area contributed by atoms with Gasteiger partial charge in [0.1, 0.15) is 11.2 Å². The van der Waals surface area contributed by atoms with E-state index in [0.29, 0.717) is 12.0 Å². The molecule has 1 heterocycles. The third kappa shape index (κ3) is 6.94. The number of carbonyl (C=O) groups excluding carboxylic acids is 3. The normalized spacial score (nSPS) is 12.8. The zero-order chi connectivity index (χ0) is 26.0. The number of fused-ring (bicyclic) bond motifs is 1. The lowest BCUT2D eigenvalue weighted by molar-refractivity contribution is 0.0499. The molecule has 0 saturated carbocycles. The highest BCUT2D eigenvalue weighted by Crippen LogP contribution is 2.28. The highest BCUT2D eigenvalue weighted by Gasteiger charge is 2.25. The van der Waals surface area contributed by atoms with E-state index in [2.05, 4.69) is 5.32 Å². The number of aromatic nitrogens is 1. The standard InChI is InChI=1S/C28H34N2O5/c1-18(31)19-12-14-20(15-13-19)23(29-25(32)34-27(2,3)4)16-21-17-30(26(33)35-28(5,6)7)24-11-9-8-10-22(21)24/h8-15,17,23H,16H2,1-7H3,(H,29,32). The van der Waals surface area contributed by atoms with Crippen molar-refractivity contribution in [3.63, 3.8) is 0 Å². The Bertz CT molecular complexity index is 1230. The Hall–Kier alpha value is -3.61. The van der Waals surface area contributed by atoms with Gasteiger partial charge in [-0.25, -0.2) is 9.59 Å². The van der Waals surface area contributed by atoms with Gasteiger partial charge in [-0.3, -0.25) is 9.36 Å². The molecule has 0 spiro atoms. The number of hydrogen-bond donors (Lipinski definition) is 1. The van der Waals surface area contributed by atoms with Gasteiger partial charge in [-0.2, -0.15) is 0 Å². The summed E-state index contributed by atoms with van der Waals surface area (Å²) in [5, 5.41) is 3.84. The highest BCUT2D eigenvalue weighted by molar-refractivity contribution is 5.94. The minimum atomic E-state index is -0.653. The number of nitrogens with zero attached hydrogens (tertiary/aromatic N) is 1. The highest BCUT2D eigenvalue weighted by atomic mass is 16.6. The average Bonchev–Trinajstić information content (AvgIpc) is 3.09. The third-order valence-electron chi connectivity index (χ3n) is 5.22. The Kier molecular flexibility index (Phi) is 7.38. The lowest BCUT2D eigenvalue weighted by atomic mass is 9.97. The van der Waals surface area contributed by atoms with Crippen LogP contribution in [0.2, 0.25) is 0 Å². The maximum absolute atomic E-state index is 12.9. The number of Topliss-reactive ketones (excluding diaryl/α,β-unsaturated/α-hetero) is 1. The van der Waals surface area contributed by atoms with Crippen LogP contribution in [-0.4, -0.2) is 33.7 Å². The van der Waals surface area contributed by atoms with Crippen LogP contribution < -0.4 is 5.32 Å². The molecule has 2 aromatic carbocycles. The van der Waals surface area contributed by atoms with Gasteiger partial charge in [0, 0.05) is 17.1 Å². The van der Waals surface area contributed by atoms with E-state index >= 15 is 0 Å². The maximum atomic E-state index is 12.9. The number of nitrogens with one attached hydrogen (secondary N) is 1. The van der Waals surface area contributed by atoms with Gasteiger partial charge >= 0.3 is 12.2 Å². The molecule has 1 unspecified atom stereocenters. The average molecular weight is 479 g/mol. The molecule has 0 aliphatic heterocycles. The summed E-state index contributed by atoms with van der Waals surface area (Å²) in [6, 6.07) is 14.3. The van der Waals surface area contributed by atoms with Crippen molar-refractivity contribution < 1.29 is 23.9 Å². The Morgan fingerprint density at radius 1 is 0.886 bits per heavy atom. The fourth-order valence-electron chi connectivity index (χ4n) is 3.75. The lowest BCUT2D eigenvalue weighted by Gasteiger charge is -2.24. The van der Waals surface area contributed by atoms with Gasteiger partial charge in [-0.1, -0.05) is 42.5 Å². The summed E-state index contributed by atoms with van der Waals surface area (Å²) in [7, 11) is 0. The van der Waals surface area contributed by atoms with Gasteiger partial charge in [0.2, 0.25) is 0 Å². The zero-order valence-electron chi connectivity index (χ0n) is 21.5. The van der Waals surface area contributed by atoms with Crippen LogP contribution in [-0.2, 0) is 15.9 Å². The second kappa shape index (κ2) is 9.94. The second-order valence-corrected chi connectivity index (χ2v) is 10.6. The molecule has 1 N–H and O–H groups in total. The van der Waals surface area contributed by atoms with E-state index in [1.54, 1.807) is 39.1 Å². The molecule has 35 heavy (non-hydrogen) atoms. The van der Waals surface area contributed by atoms with Crippen LogP contribution in [0.15, 0.2) is 54.7 Å². The van der Waals surface area contributed by atoms with Crippen LogP contribution >= 0.6 is 0 Å². The molecule has 7 heteroatoms. The molecule has 0 aliphatic carbocycles. The van der Waals surface area contributed by atoms with Crippen LogP contribution in [0.1, 0.15) is 76.0 Å². The Morgan fingerprint density at radius 3 is 2.06 bits per heavy atom. The number of rotatable bonds is 5. The quantitative estimate of drug-likeness (QED) is 0.427. The molecule has 0 saturated heterocycles. The molecule has 1 aromatic heterocycles. The number of carbonyl (C=O) groups is 3. The fourth-order valence-corrected chi connectivity index (χ4v) is 3.75. The maximum Gasteiger partial charge on any atom is 0.419 e. The molecule has 186 valence electrons. The number of alkyl carbamates (subject to hydrolysis) is 1. The minimum Gasteiger partial charge on any atom is -0.444 e. The number of hydrogen-bond acceptors (Lipinski definition) is 5. The topological polar surface area (TPSA) is 86.6 Å². The molecule has 0 radical (unpaired) electrons. The monoisotopic (exact) mass is 478 g/mol. The molecule has 1 amide bonds. The fraction of sp³-hybridized carbons (Fsp3) is 0.393. The van der Waals surface area contributed by atoms with Crippen molar-refractivity contribution in [2.24, 2.45) is 0 Å². The van der Waals surface area contributed by atoms with Gasteiger partial charge in [0.25, 0.3) is 0 Å². The molecular weight excluding hydrogens is 444 g/mol. The summed E-state index contributed by atoms with van der Waals surface area (Å²) in [6.07, 6.45) is 1.14. The van der Waals surface area contributed by atoms with Crippen LogP contribution in [0.4, 0.5) is 9.59 Å². The van der Waals surface area contributed by atoms with Gasteiger partial charge in [-0.15, -0.1) is 0 Å². The van der Waals surface area contributed by atoms with E-state index in [4.69, 9.17) is 9.47 Å². The first-order chi connectivity index (χ1) is 16.2. The molecule has 3 aromatic rings. The predicted molar refractivity (Wildman–Crippen MR) is 136 cm³/mol. The van der Waals surface area contributed by atoms with Gasteiger partial charge in [0.15, 0.2) is 5.78 Å². The van der Waals surface area contributed by atoms with Crippen LogP contribution in [0.25, 0.3) is 10.9 Å². The Morgan fingerprint density at radius 2 is 1.49 bits per heavy atom. The third-order valence-corrected chi connectivity index (χ3v) is 5.22. The van der Waals surface area contributed by atoms with Crippen molar-refractivity contribution in [3.05, 3.63) is 71.4 Å². The van der Waals surface area contributed by atoms with Crippen LogP contribution in [0.5, 0.6) is 0 Å². The molecule has 3 rings (SSSR count). The van der Waals surface area contributed by atoms with Crippen LogP contribution in [0, 0.1) is 0 Å². The molecule has 0 fully saturated rings. The first-order valence-corrected chi connectivity index (χ1v) is 11.7. The van der Waals surface area contributed by atoms with E-state index in [9.17, 15) is 14.4 Å². The summed E-state index contributed by atoms with van der Waals surface area (Å²) in [6.45, 7) is 12.4. The first kappa shape index (κ1) is 26.0. The van der Waals surface area contributed by atoms with Gasteiger partial charge in [-0.05, 0) is 72.1 Å². The molecule has 0 bridgehead atoms. The van der Waals surface area contributed by atoms with Crippen molar-refractivity contribution >= 4 is 28.9 Å². The SMILES string of the molecule is CC(=O)c1ccc(C(Cc2cn(C(=O)OC(C)(C)C)c3ccccc23)NC(=O)OC(C)(C)C)cc1. The summed E-state index contributed by atoms with van der Waals surface area (Å²) in [5.74, 6) is -0.0337. The molecule has 0 aliphatic rings. The van der Waals surface area contributed by atoms with Gasteiger partial charge < -0.3 is 14.8 Å². The van der Waals surface area contributed by atoms with Crippen molar-refractivity contribution in [3.8, 4) is 0 Å². The number of ketones is 1. The zero-order valence-corrected chi connectivity index (χ0v) is 21.5. The van der Waals surface area contributed by atoms with Crippen molar-refractivity contribution in [1.29, 1.82) is 0 Å². The van der Waals surface area contributed by atoms with E-state index in [-0.39, 0.29) is 5.78 Å². The summed E-state index contributed by atoms with van der Waals surface area (Å²) in [4.78, 5) is 37.3. The number of ether oxygens (including phenoxy) is 2. The first-order valence-electron chi connectivity index (χ1n) is 11.7. The number of benzene rings is 2. The minimum absolute atomic E-state index is 0.0337. The van der Waals surface area contributed by atoms with Crippen molar-refractivity contribution in [2.75, 3.05) is 0 Å². The summed E-state index contributed by atoms with van der Waals surface area (Å²) >= 11 is 0. The Labute approximate surface area is 206 Å². The van der Waals surface area contributed by atoms with Crippen molar-refractivity contribution in [2.45, 2.75) is 72.1 Å². The predicted octanol–water partition coefficient (Wildman–Crippen LogP) is 6.44. The van der Waals surface area contributed by atoms with Crippen LogP contribution in [0.3, 0.4) is 0 Å².